The Hall–Kier alpha value is -2.30. The molecule has 5 heteroatoms. The molecular formula is C25H35NO4. The van der Waals surface area contributed by atoms with Crippen molar-refractivity contribution in [3.63, 3.8) is 0 Å². The molecule has 0 radical (unpaired) electrons. The summed E-state index contributed by atoms with van der Waals surface area (Å²) in [7, 11) is 0. The first-order valence-corrected chi connectivity index (χ1v) is 11.1. The van der Waals surface area contributed by atoms with Gasteiger partial charge in [-0.3, -0.25) is 4.79 Å². The second-order valence-corrected chi connectivity index (χ2v) is 9.50. The number of carboxylic acids is 1. The average Bonchev–Trinajstić information content (AvgIpc) is 2.67. The van der Waals surface area contributed by atoms with E-state index in [4.69, 9.17) is 4.74 Å². The van der Waals surface area contributed by atoms with Gasteiger partial charge in [-0.15, -0.1) is 0 Å². The van der Waals surface area contributed by atoms with Crippen LogP contribution < -0.4 is 0 Å². The highest BCUT2D eigenvalue weighted by atomic mass is 16.6. The number of benzene rings is 1. The number of carbonyl (C=O) groups is 2. The van der Waals surface area contributed by atoms with Gasteiger partial charge in [0.1, 0.15) is 6.10 Å². The van der Waals surface area contributed by atoms with Gasteiger partial charge in [0.2, 0.25) is 0 Å². The molecule has 1 aromatic carbocycles. The standard InChI is InChI=1S/C25H35NO4/c1-17-13-18(2)15-21(14-17)20(4)30-24(29)26-11-9-25(10-12-26,16-23(27)28)22-8-6-5-7-19(22)3/h5-8,18,20-21H,1,9-16H2,2-4H3,(H,27,28). The molecule has 0 spiro atoms. The Morgan fingerprint density at radius 3 is 2.53 bits per heavy atom. The topological polar surface area (TPSA) is 66.8 Å². The smallest absolute Gasteiger partial charge is 0.410 e. The van der Waals surface area contributed by atoms with E-state index in [2.05, 4.69) is 13.5 Å². The Labute approximate surface area is 180 Å². The highest BCUT2D eigenvalue weighted by Gasteiger charge is 2.41. The fourth-order valence-electron chi connectivity index (χ4n) is 5.43. The predicted molar refractivity (Wildman–Crippen MR) is 118 cm³/mol. The summed E-state index contributed by atoms with van der Waals surface area (Å²) in [5, 5.41) is 9.55. The van der Waals surface area contributed by atoms with Crippen LogP contribution in [0.1, 0.15) is 63.5 Å². The van der Waals surface area contributed by atoms with Gasteiger partial charge >= 0.3 is 12.1 Å². The molecule has 1 saturated heterocycles. The van der Waals surface area contributed by atoms with Gasteiger partial charge in [-0.2, -0.15) is 0 Å². The number of carbonyl (C=O) groups excluding carboxylic acids is 1. The van der Waals surface area contributed by atoms with E-state index in [1.807, 2.05) is 38.1 Å². The number of hydrogen-bond acceptors (Lipinski definition) is 3. The van der Waals surface area contributed by atoms with E-state index in [9.17, 15) is 14.7 Å². The third-order valence-corrected chi connectivity index (χ3v) is 7.03. The number of ether oxygens (including phenoxy) is 1. The Bertz CT molecular complexity index is 794. The zero-order chi connectivity index (χ0) is 21.9. The molecule has 3 atom stereocenters. The van der Waals surface area contributed by atoms with Gasteiger partial charge in [0.25, 0.3) is 0 Å². The van der Waals surface area contributed by atoms with Crippen molar-refractivity contribution < 1.29 is 19.4 Å². The maximum absolute atomic E-state index is 12.8. The minimum atomic E-state index is -0.797. The monoisotopic (exact) mass is 413 g/mol. The number of aliphatic carboxylic acids is 1. The van der Waals surface area contributed by atoms with Gasteiger partial charge in [-0.05, 0) is 68.9 Å². The molecule has 30 heavy (non-hydrogen) atoms. The summed E-state index contributed by atoms with van der Waals surface area (Å²) < 4.78 is 5.83. The minimum absolute atomic E-state index is 0.0826. The summed E-state index contributed by atoms with van der Waals surface area (Å²) in [5.41, 5.74) is 3.01. The van der Waals surface area contributed by atoms with Crippen LogP contribution in [0.15, 0.2) is 36.4 Å². The van der Waals surface area contributed by atoms with E-state index in [1.165, 1.54) is 5.57 Å². The zero-order valence-corrected chi connectivity index (χ0v) is 18.5. The van der Waals surface area contributed by atoms with Crippen LogP contribution >= 0.6 is 0 Å². The third-order valence-electron chi connectivity index (χ3n) is 7.03. The SMILES string of the molecule is C=C1CC(C)CC(C(C)OC(=O)N2CCC(CC(=O)O)(c3ccccc3C)CC2)C1. The first-order chi connectivity index (χ1) is 14.2. The molecule has 3 unspecified atom stereocenters. The molecule has 2 aliphatic rings. The summed E-state index contributed by atoms with van der Waals surface area (Å²) in [4.78, 5) is 26.2. The molecule has 5 nitrogen and oxygen atoms in total. The molecule has 1 amide bonds. The fourth-order valence-corrected chi connectivity index (χ4v) is 5.43. The summed E-state index contributed by atoms with van der Waals surface area (Å²) >= 11 is 0. The number of amides is 1. The number of piperidine rings is 1. The summed E-state index contributed by atoms with van der Waals surface area (Å²) in [6, 6.07) is 8.00. The number of hydrogen-bond donors (Lipinski definition) is 1. The summed E-state index contributed by atoms with van der Waals surface area (Å²) in [5.74, 6) is 0.112. The molecule has 0 bridgehead atoms. The van der Waals surface area contributed by atoms with Gasteiger partial charge in [0, 0.05) is 18.5 Å². The normalized spacial score (nSPS) is 24.9. The lowest BCUT2D eigenvalue weighted by Gasteiger charge is -2.42. The zero-order valence-electron chi connectivity index (χ0n) is 18.5. The van der Waals surface area contributed by atoms with Crippen molar-refractivity contribution in [1.82, 2.24) is 4.90 Å². The molecule has 3 rings (SSSR count). The Kier molecular flexibility index (Phi) is 6.89. The molecular weight excluding hydrogens is 378 g/mol. The van der Waals surface area contributed by atoms with Crippen molar-refractivity contribution in [3.8, 4) is 0 Å². The van der Waals surface area contributed by atoms with Gasteiger partial charge < -0.3 is 14.7 Å². The largest absolute Gasteiger partial charge is 0.481 e. The maximum atomic E-state index is 12.8. The van der Waals surface area contributed by atoms with Crippen LogP contribution in [-0.4, -0.2) is 41.3 Å². The Balaban J connectivity index is 1.64. The second-order valence-electron chi connectivity index (χ2n) is 9.50. The quantitative estimate of drug-likeness (QED) is 0.663. The molecule has 1 N–H and O–H groups in total. The lowest BCUT2D eigenvalue weighted by atomic mass is 9.69. The number of allylic oxidation sites excluding steroid dienone is 1. The van der Waals surface area contributed by atoms with Crippen molar-refractivity contribution in [2.24, 2.45) is 11.8 Å². The minimum Gasteiger partial charge on any atom is -0.481 e. The highest BCUT2D eigenvalue weighted by molar-refractivity contribution is 5.70. The number of rotatable bonds is 5. The van der Waals surface area contributed by atoms with E-state index in [0.717, 1.165) is 30.4 Å². The first-order valence-electron chi connectivity index (χ1n) is 11.1. The van der Waals surface area contributed by atoms with Crippen LogP contribution in [0.2, 0.25) is 0 Å². The van der Waals surface area contributed by atoms with Crippen LogP contribution in [0.4, 0.5) is 4.79 Å². The molecule has 2 fully saturated rings. The van der Waals surface area contributed by atoms with E-state index >= 15 is 0 Å². The number of likely N-dealkylation sites (tertiary alicyclic amines) is 1. The van der Waals surface area contributed by atoms with Crippen molar-refractivity contribution in [3.05, 3.63) is 47.5 Å². The third kappa shape index (κ3) is 5.05. The van der Waals surface area contributed by atoms with Crippen molar-refractivity contribution in [2.75, 3.05) is 13.1 Å². The van der Waals surface area contributed by atoms with Gasteiger partial charge in [-0.1, -0.05) is 43.3 Å². The second kappa shape index (κ2) is 9.23. The maximum Gasteiger partial charge on any atom is 0.410 e. The average molecular weight is 414 g/mol. The first kappa shape index (κ1) is 22.4. The van der Waals surface area contributed by atoms with E-state index in [0.29, 0.717) is 37.8 Å². The van der Waals surface area contributed by atoms with Crippen LogP contribution in [-0.2, 0) is 14.9 Å². The van der Waals surface area contributed by atoms with Crippen LogP contribution in [0.3, 0.4) is 0 Å². The predicted octanol–water partition coefficient (Wildman–Crippen LogP) is 5.32. The van der Waals surface area contributed by atoms with Gasteiger partial charge in [0.15, 0.2) is 0 Å². The molecule has 1 aliphatic carbocycles. The number of nitrogens with zero attached hydrogens (tertiary/aromatic N) is 1. The molecule has 1 heterocycles. The van der Waals surface area contributed by atoms with Gasteiger partial charge in [-0.25, -0.2) is 4.79 Å². The Morgan fingerprint density at radius 1 is 1.27 bits per heavy atom. The molecule has 1 aromatic rings. The molecule has 1 aliphatic heterocycles. The van der Waals surface area contributed by atoms with Crippen molar-refractivity contribution in [2.45, 2.75) is 70.8 Å². The van der Waals surface area contributed by atoms with Crippen molar-refractivity contribution >= 4 is 12.1 Å². The lowest BCUT2D eigenvalue weighted by molar-refractivity contribution is -0.139. The van der Waals surface area contributed by atoms with Gasteiger partial charge in [0.05, 0.1) is 6.42 Å². The van der Waals surface area contributed by atoms with E-state index in [-0.39, 0.29) is 18.6 Å². The van der Waals surface area contributed by atoms with E-state index in [1.54, 1.807) is 4.90 Å². The lowest BCUT2D eigenvalue weighted by Crippen LogP contribution is -2.47. The Morgan fingerprint density at radius 2 is 1.93 bits per heavy atom. The van der Waals surface area contributed by atoms with Crippen LogP contribution in [0, 0.1) is 18.8 Å². The summed E-state index contributed by atoms with van der Waals surface area (Å²) in [6.45, 7) is 11.4. The molecule has 1 saturated carbocycles. The van der Waals surface area contributed by atoms with E-state index < -0.39 is 11.4 Å². The number of aryl methyl sites for hydroxylation is 1. The van der Waals surface area contributed by atoms with Crippen LogP contribution in [0.5, 0.6) is 0 Å². The van der Waals surface area contributed by atoms with Crippen LogP contribution in [0.25, 0.3) is 0 Å². The fraction of sp³-hybridized carbons (Fsp3) is 0.600. The van der Waals surface area contributed by atoms with Crippen molar-refractivity contribution in [1.29, 1.82) is 0 Å². The number of carboxylic acid groups (broad SMARTS) is 1. The summed E-state index contributed by atoms with van der Waals surface area (Å²) in [6.07, 6.45) is 3.97. The highest BCUT2D eigenvalue weighted by Crippen LogP contribution is 2.41. The molecule has 0 aromatic heterocycles. The molecule has 164 valence electrons.